The smallest absolute Gasteiger partial charge is 0.242 e. The van der Waals surface area contributed by atoms with Gasteiger partial charge in [-0.15, -0.1) is 24.0 Å². The lowest BCUT2D eigenvalue weighted by atomic mass is 10.1. The van der Waals surface area contributed by atoms with Crippen molar-refractivity contribution >= 4 is 41.5 Å². The minimum Gasteiger partial charge on any atom is -0.490 e. The van der Waals surface area contributed by atoms with E-state index < -0.39 is 0 Å². The number of hydrogen-bond donors (Lipinski definition) is 3. The maximum atomic E-state index is 12.3. The van der Waals surface area contributed by atoms with Crippen LogP contribution in [0.2, 0.25) is 0 Å². The van der Waals surface area contributed by atoms with Crippen LogP contribution in [0.1, 0.15) is 54.9 Å². The van der Waals surface area contributed by atoms with E-state index >= 15 is 0 Å². The zero-order valence-corrected chi connectivity index (χ0v) is 23.5. The van der Waals surface area contributed by atoms with E-state index in [9.17, 15) is 4.79 Å². The normalized spacial score (nSPS) is 14.1. The Hall–Kier alpha value is -1.75. The molecule has 8 nitrogen and oxygen atoms in total. The van der Waals surface area contributed by atoms with Crippen LogP contribution in [0.3, 0.4) is 0 Å². The Kier molecular flexibility index (Phi) is 12.3. The number of anilines is 1. The second-order valence-electron chi connectivity index (χ2n) is 9.65. The van der Waals surface area contributed by atoms with Gasteiger partial charge in [0, 0.05) is 48.9 Å². The van der Waals surface area contributed by atoms with Crippen LogP contribution >= 0.6 is 24.0 Å². The molecule has 1 heterocycles. The fraction of sp³-hybridized carbons (Fsp3) is 0.667. The molecule has 1 aromatic carbocycles. The van der Waals surface area contributed by atoms with Crippen molar-refractivity contribution in [3.05, 3.63) is 18.2 Å². The lowest BCUT2D eigenvalue weighted by Crippen LogP contribution is -2.44. The van der Waals surface area contributed by atoms with Gasteiger partial charge in [-0.05, 0) is 60.6 Å². The van der Waals surface area contributed by atoms with Crippen LogP contribution in [-0.2, 0) is 4.79 Å². The van der Waals surface area contributed by atoms with Crippen LogP contribution in [-0.4, -0.2) is 67.2 Å². The fourth-order valence-corrected chi connectivity index (χ4v) is 3.54. The zero-order valence-electron chi connectivity index (χ0n) is 21.2. The van der Waals surface area contributed by atoms with E-state index in [1.807, 2.05) is 39.0 Å². The summed E-state index contributed by atoms with van der Waals surface area (Å²) in [6, 6.07) is 6.62. The molecule has 0 aromatic heterocycles. The summed E-state index contributed by atoms with van der Waals surface area (Å²) in [5, 5.41) is 9.61. The number of carbonyl (C=O) groups excluding carboxylic acids is 1. The van der Waals surface area contributed by atoms with Crippen LogP contribution in [0.15, 0.2) is 23.2 Å². The molecule has 0 atom stereocenters. The molecule has 2 rings (SSSR count). The lowest BCUT2D eigenvalue weighted by Gasteiger charge is -2.30. The summed E-state index contributed by atoms with van der Waals surface area (Å²) in [5.41, 5.74) is 0.526. The van der Waals surface area contributed by atoms with Crippen molar-refractivity contribution in [2.45, 2.75) is 72.5 Å². The van der Waals surface area contributed by atoms with E-state index in [1.54, 1.807) is 0 Å². The number of aliphatic imine (C=N–C) groups is 1. The van der Waals surface area contributed by atoms with Gasteiger partial charge >= 0.3 is 0 Å². The number of benzene rings is 1. The molecule has 0 bridgehead atoms. The summed E-state index contributed by atoms with van der Waals surface area (Å²) in [6.07, 6.45) is 0.858. The molecular formula is C24H42IN5O3. The number of nitrogens with zero attached hydrogens (tertiary/aromatic N) is 2. The van der Waals surface area contributed by atoms with E-state index in [-0.39, 0.29) is 42.0 Å². The van der Waals surface area contributed by atoms with Crippen molar-refractivity contribution in [1.29, 1.82) is 0 Å². The Balaban J connectivity index is 0.00000544. The maximum Gasteiger partial charge on any atom is 0.242 e. The standard InChI is InChI=1S/C24H41N5O3.HI/c1-17(2)29(18(3)4)12-11-25-23(26-16-22(30)28-24(5,6)7)27-19-9-10-20-21(15-19)32-14-8-13-31-20;/h9-10,15,17-18H,8,11-14,16H2,1-7H3,(H,28,30)(H2,25,26,27);1H. The first-order valence-electron chi connectivity index (χ1n) is 11.6. The number of halogens is 1. The zero-order chi connectivity index (χ0) is 23.7. The maximum absolute atomic E-state index is 12.3. The van der Waals surface area contributed by atoms with E-state index in [0.29, 0.717) is 43.6 Å². The average Bonchev–Trinajstić information content (AvgIpc) is 2.92. The van der Waals surface area contributed by atoms with Gasteiger partial charge in [0.2, 0.25) is 5.91 Å². The van der Waals surface area contributed by atoms with Crippen molar-refractivity contribution in [1.82, 2.24) is 15.5 Å². The molecule has 0 saturated heterocycles. The molecule has 0 spiro atoms. The number of guanidine groups is 1. The second-order valence-corrected chi connectivity index (χ2v) is 9.65. The first-order chi connectivity index (χ1) is 15.0. The van der Waals surface area contributed by atoms with Crippen molar-refractivity contribution in [3.8, 4) is 11.5 Å². The largest absolute Gasteiger partial charge is 0.490 e. The van der Waals surface area contributed by atoms with Gasteiger partial charge in [-0.2, -0.15) is 0 Å². The molecule has 3 N–H and O–H groups in total. The van der Waals surface area contributed by atoms with Gasteiger partial charge in [0.1, 0.15) is 6.54 Å². The van der Waals surface area contributed by atoms with Crippen LogP contribution in [0, 0.1) is 0 Å². The first kappa shape index (κ1) is 29.3. The Morgan fingerprint density at radius 1 is 1.09 bits per heavy atom. The SMILES string of the molecule is CC(C)N(CCNC(=NCC(=O)NC(C)(C)C)Nc1ccc2c(c1)OCCCO2)C(C)C.I. The van der Waals surface area contributed by atoms with Gasteiger partial charge in [-0.25, -0.2) is 4.99 Å². The monoisotopic (exact) mass is 575 g/mol. The number of rotatable bonds is 8. The van der Waals surface area contributed by atoms with Crippen molar-refractivity contribution in [3.63, 3.8) is 0 Å². The first-order valence-corrected chi connectivity index (χ1v) is 11.6. The highest BCUT2D eigenvalue weighted by Gasteiger charge is 2.16. The second kappa shape index (κ2) is 13.8. The number of hydrogen-bond acceptors (Lipinski definition) is 5. The number of amides is 1. The molecule has 0 saturated carbocycles. The van der Waals surface area contributed by atoms with E-state index in [2.05, 4.69) is 53.5 Å². The topological polar surface area (TPSA) is 87.2 Å². The van der Waals surface area contributed by atoms with E-state index in [0.717, 1.165) is 24.4 Å². The van der Waals surface area contributed by atoms with E-state index in [4.69, 9.17) is 9.47 Å². The third kappa shape index (κ3) is 10.8. The third-order valence-corrected chi connectivity index (χ3v) is 4.89. The molecule has 0 radical (unpaired) electrons. The van der Waals surface area contributed by atoms with Gasteiger partial charge in [0.05, 0.1) is 13.2 Å². The molecule has 1 amide bonds. The van der Waals surface area contributed by atoms with E-state index in [1.165, 1.54) is 0 Å². The van der Waals surface area contributed by atoms with Crippen LogP contribution in [0.5, 0.6) is 11.5 Å². The van der Waals surface area contributed by atoms with Crippen LogP contribution in [0.25, 0.3) is 0 Å². The minimum atomic E-state index is -0.295. The average molecular weight is 576 g/mol. The summed E-state index contributed by atoms with van der Waals surface area (Å²) in [5.74, 6) is 1.89. The highest BCUT2D eigenvalue weighted by atomic mass is 127. The fourth-order valence-electron chi connectivity index (χ4n) is 3.54. The van der Waals surface area contributed by atoms with Crippen molar-refractivity contribution < 1.29 is 14.3 Å². The molecule has 33 heavy (non-hydrogen) atoms. The quantitative estimate of drug-likeness (QED) is 0.248. The van der Waals surface area contributed by atoms with Crippen molar-refractivity contribution in [2.75, 3.05) is 38.2 Å². The van der Waals surface area contributed by atoms with Gasteiger partial charge < -0.3 is 25.4 Å². The lowest BCUT2D eigenvalue weighted by molar-refractivity contribution is -0.121. The van der Waals surface area contributed by atoms with Crippen LogP contribution < -0.4 is 25.4 Å². The Bertz CT molecular complexity index is 770. The molecule has 0 fully saturated rings. The van der Waals surface area contributed by atoms with Gasteiger partial charge in [-0.1, -0.05) is 0 Å². The Morgan fingerprint density at radius 3 is 2.33 bits per heavy atom. The predicted molar refractivity (Wildman–Crippen MR) is 146 cm³/mol. The minimum absolute atomic E-state index is 0. The summed E-state index contributed by atoms with van der Waals surface area (Å²) < 4.78 is 11.5. The highest BCUT2D eigenvalue weighted by molar-refractivity contribution is 14.0. The van der Waals surface area contributed by atoms with Gasteiger partial charge in [-0.3, -0.25) is 9.69 Å². The molecule has 9 heteroatoms. The number of fused-ring (bicyclic) bond motifs is 1. The molecule has 1 aliphatic rings. The summed E-state index contributed by atoms with van der Waals surface area (Å²) in [6.45, 7) is 17.5. The Labute approximate surface area is 216 Å². The summed E-state index contributed by atoms with van der Waals surface area (Å²) in [4.78, 5) is 19.2. The Morgan fingerprint density at radius 2 is 1.73 bits per heavy atom. The van der Waals surface area contributed by atoms with Gasteiger partial charge in [0.25, 0.3) is 0 Å². The molecular weight excluding hydrogens is 533 g/mol. The summed E-state index contributed by atoms with van der Waals surface area (Å²) in [7, 11) is 0. The molecule has 0 unspecified atom stereocenters. The molecule has 1 aliphatic heterocycles. The number of ether oxygens (including phenoxy) is 2. The number of carbonyl (C=O) groups is 1. The third-order valence-electron chi connectivity index (χ3n) is 4.89. The predicted octanol–water partition coefficient (Wildman–Crippen LogP) is 3.86. The summed E-state index contributed by atoms with van der Waals surface area (Å²) >= 11 is 0. The van der Waals surface area contributed by atoms with Crippen LogP contribution in [0.4, 0.5) is 5.69 Å². The van der Waals surface area contributed by atoms with Crippen molar-refractivity contribution in [2.24, 2.45) is 4.99 Å². The molecule has 188 valence electrons. The highest BCUT2D eigenvalue weighted by Crippen LogP contribution is 2.32. The number of nitrogens with one attached hydrogen (secondary N) is 3. The molecule has 0 aliphatic carbocycles. The molecule has 1 aromatic rings. The van der Waals surface area contributed by atoms with Gasteiger partial charge in [0.15, 0.2) is 17.5 Å².